The van der Waals surface area contributed by atoms with Gasteiger partial charge in [-0.25, -0.2) is 0 Å². The summed E-state index contributed by atoms with van der Waals surface area (Å²) in [7, 11) is 0. The average Bonchev–Trinajstić information content (AvgIpc) is 1.83. The molecule has 0 spiro atoms. The van der Waals surface area contributed by atoms with Gasteiger partial charge in [-0.05, 0) is 0 Å². The Labute approximate surface area is 79.9 Å². The Bertz CT molecular complexity index is 255. The van der Waals surface area contributed by atoms with E-state index >= 15 is 0 Å². The van der Waals surface area contributed by atoms with Gasteiger partial charge in [0.25, 0.3) is 0 Å². The van der Waals surface area contributed by atoms with E-state index in [1.165, 1.54) is 0 Å². The Kier molecular flexibility index (Phi) is 4.89. The van der Waals surface area contributed by atoms with Crippen LogP contribution in [0.1, 0.15) is 0 Å². The van der Waals surface area contributed by atoms with Crippen molar-refractivity contribution < 1.29 is 47.9 Å². The molecule has 6 heteroatoms. The van der Waals surface area contributed by atoms with Crippen LogP contribution >= 0.6 is 0 Å². The average molecular weight is 126 g/mol. The van der Waals surface area contributed by atoms with E-state index in [9.17, 15) is 19.8 Å². The molecule has 1 aromatic rings. The summed E-state index contributed by atoms with van der Waals surface area (Å²) < 4.78 is 0. The molecule has 42 valence electrons. The maximum Gasteiger partial charge on any atom is 1.00 e. The molecule has 0 aliphatic heterocycles. The first kappa shape index (κ1) is 12.5. The zero-order chi connectivity index (χ0) is 6.31. The van der Waals surface area contributed by atoms with Crippen LogP contribution in [0.25, 0.3) is 0 Å². The molecule has 0 heterocycles. The summed E-state index contributed by atoms with van der Waals surface area (Å²) in [5, 5.41) is 19.7. The number of hydrogen-bond donors (Lipinski definition) is 0. The van der Waals surface area contributed by atoms with Crippen LogP contribution in [-0.4, -0.2) is 0 Å². The molecule has 0 radical (unpaired) electrons. The van der Waals surface area contributed by atoms with Crippen molar-refractivity contribution >= 4 is 0 Å². The molecule has 0 fully saturated rings. The first-order valence-electron chi connectivity index (χ1n) is 1.82. The van der Waals surface area contributed by atoms with Gasteiger partial charge in [0.1, 0.15) is 0 Å². The summed E-state index contributed by atoms with van der Waals surface area (Å²) in [6, 6.07) is 0. The van der Waals surface area contributed by atoms with E-state index in [1.807, 2.05) is 0 Å². The molecule has 0 bridgehead atoms. The van der Waals surface area contributed by atoms with E-state index in [0.29, 0.717) is 0 Å². The fourth-order valence-electron chi connectivity index (χ4n) is 0.350. The quantitative estimate of drug-likeness (QED) is 0.255. The molecule has 1 rings (SSSR count). The SMILES string of the molecule is O=c1c([O-])c([O-])c1=O.[Li+].[Li+]. The van der Waals surface area contributed by atoms with Crippen LogP contribution in [0.3, 0.4) is 0 Å². The molecular weight excluding hydrogens is 126 g/mol. The van der Waals surface area contributed by atoms with Crippen molar-refractivity contribution in [2.24, 2.45) is 0 Å². The Morgan fingerprint density at radius 2 is 1.00 bits per heavy atom. The van der Waals surface area contributed by atoms with Crippen LogP contribution in [-0.2, 0) is 0 Å². The predicted octanol–water partition coefficient (Wildman–Crippen LogP) is -8.56. The predicted molar refractivity (Wildman–Crippen MR) is 20.2 cm³/mol. The zero-order valence-corrected chi connectivity index (χ0v) is 5.63. The fourth-order valence-corrected chi connectivity index (χ4v) is 0.350. The number of rotatable bonds is 0. The molecule has 0 aliphatic carbocycles. The summed E-state index contributed by atoms with van der Waals surface area (Å²) in [6.07, 6.45) is 0. The second-order valence-electron chi connectivity index (χ2n) is 1.32. The smallest absolute Gasteiger partial charge is 0.870 e. The minimum absolute atomic E-state index is 0. The van der Waals surface area contributed by atoms with Gasteiger partial charge >= 0.3 is 37.7 Å². The molecule has 1 aromatic carbocycles. The van der Waals surface area contributed by atoms with Crippen molar-refractivity contribution in [2.45, 2.75) is 0 Å². The van der Waals surface area contributed by atoms with Gasteiger partial charge in [-0.15, -0.1) is 0 Å². The molecule has 0 saturated heterocycles. The largest absolute Gasteiger partial charge is 1.00 e. The molecule has 0 atom stereocenters. The number of hydrogen-bond acceptors (Lipinski definition) is 4. The minimum Gasteiger partial charge on any atom is -0.870 e. The van der Waals surface area contributed by atoms with Gasteiger partial charge in [0.05, 0.1) is 0 Å². The van der Waals surface area contributed by atoms with E-state index in [4.69, 9.17) is 0 Å². The Hall–Kier alpha value is -0.125. The molecule has 0 unspecified atom stereocenters. The van der Waals surface area contributed by atoms with Gasteiger partial charge < -0.3 is 10.2 Å². The zero-order valence-electron chi connectivity index (χ0n) is 5.63. The van der Waals surface area contributed by atoms with Gasteiger partial charge in [-0.3, -0.25) is 9.59 Å². The molecule has 0 N–H and O–H groups in total. The van der Waals surface area contributed by atoms with Crippen LogP contribution in [0.5, 0.6) is 11.5 Å². The molecule has 10 heavy (non-hydrogen) atoms. The van der Waals surface area contributed by atoms with Crippen LogP contribution in [0.4, 0.5) is 0 Å². The standard InChI is InChI=1S/C4H2O4.2Li/c5-1-2(6)4(8)3(1)7;;/h5-6H;;/q;2*+1/p-2. The van der Waals surface area contributed by atoms with E-state index in [2.05, 4.69) is 0 Å². The third kappa shape index (κ3) is 1.48. The third-order valence-electron chi connectivity index (χ3n) is 0.825. The Morgan fingerprint density at radius 1 is 0.800 bits per heavy atom. The summed E-state index contributed by atoms with van der Waals surface area (Å²) in [5.74, 6) is -2.37. The molecule has 0 amide bonds. The monoisotopic (exact) mass is 126 g/mol. The van der Waals surface area contributed by atoms with Gasteiger partial charge in [-0.2, -0.15) is 0 Å². The third-order valence-corrected chi connectivity index (χ3v) is 0.825. The van der Waals surface area contributed by atoms with E-state index < -0.39 is 22.4 Å². The van der Waals surface area contributed by atoms with E-state index in [1.54, 1.807) is 0 Å². The van der Waals surface area contributed by atoms with Gasteiger partial charge in [0, 0.05) is 0 Å². The van der Waals surface area contributed by atoms with Crippen LogP contribution in [0.15, 0.2) is 9.59 Å². The maximum absolute atomic E-state index is 9.85. The molecular formula is C4Li2O4. The molecule has 0 aromatic heterocycles. The topological polar surface area (TPSA) is 80.3 Å². The summed E-state index contributed by atoms with van der Waals surface area (Å²) >= 11 is 0. The summed E-state index contributed by atoms with van der Waals surface area (Å²) in [6.45, 7) is 0. The van der Waals surface area contributed by atoms with Crippen molar-refractivity contribution in [3.05, 3.63) is 20.4 Å². The normalized spacial score (nSPS) is 8.00. The Morgan fingerprint density at radius 3 is 1.10 bits per heavy atom. The molecule has 0 aliphatic rings. The van der Waals surface area contributed by atoms with Crippen molar-refractivity contribution in [1.82, 2.24) is 0 Å². The van der Waals surface area contributed by atoms with Crippen molar-refractivity contribution in [2.75, 3.05) is 0 Å². The van der Waals surface area contributed by atoms with Gasteiger partial charge in [-0.1, -0.05) is 11.5 Å². The molecule has 4 nitrogen and oxygen atoms in total. The second-order valence-corrected chi connectivity index (χ2v) is 1.32. The first-order valence-corrected chi connectivity index (χ1v) is 1.82. The Balaban J connectivity index is 0. The van der Waals surface area contributed by atoms with Crippen LogP contribution in [0, 0.1) is 0 Å². The molecule has 0 saturated carbocycles. The summed E-state index contributed by atoms with van der Waals surface area (Å²) in [4.78, 5) is 19.7. The fraction of sp³-hybridized carbons (Fsp3) is 0. The van der Waals surface area contributed by atoms with Crippen molar-refractivity contribution in [1.29, 1.82) is 0 Å². The minimum atomic E-state index is -1.19. The van der Waals surface area contributed by atoms with Gasteiger partial charge in [0.2, 0.25) is 10.9 Å². The van der Waals surface area contributed by atoms with E-state index in [-0.39, 0.29) is 37.7 Å². The summed E-state index contributed by atoms with van der Waals surface area (Å²) in [5.41, 5.74) is -2.37. The van der Waals surface area contributed by atoms with Crippen molar-refractivity contribution in [3.8, 4) is 11.5 Å². The van der Waals surface area contributed by atoms with E-state index in [0.717, 1.165) is 0 Å². The van der Waals surface area contributed by atoms with Gasteiger partial charge in [0.15, 0.2) is 0 Å². The van der Waals surface area contributed by atoms with Crippen LogP contribution in [0.2, 0.25) is 0 Å². The maximum atomic E-state index is 9.85. The first-order chi connectivity index (χ1) is 3.64. The van der Waals surface area contributed by atoms with Crippen molar-refractivity contribution in [3.63, 3.8) is 0 Å². The second kappa shape index (κ2) is 3.90. The van der Waals surface area contributed by atoms with Crippen LogP contribution < -0.4 is 58.8 Å².